The van der Waals surface area contributed by atoms with Crippen LogP contribution in [0.15, 0.2) is 0 Å². The number of unbranched alkanes of at least 4 members (excludes halogenated alkanes) is 51. The molecule has 0 aliphatic heterocycles. The van der Waals surface area contributed by atoms with Crippen molar-refractivity contribution in [3.8, 4) is 0 Å². The first-order valence-corrected chi connectivity index (χ1v) is 44.1. The van der Waals surface area contributed by atoms with Gasteiger partial charge in [-0.1, -0.05) is 369 Å². The summed E-state index contributed by atoms with van der Waals surface area (Å²) in [4.78, 5) is 72.9. The average Bonchev–Trinajstić information content (AvgIpc) is 0.932. The quantitative estimate of drug-likeness (QED) is 0.0222. The first kappa shape index (κ1) is 96.1. The molecule has 0 heterocycles. The minimum Gasteiger partial charge on any atom is -0.462 e. The molecule has 17 nitrogen and oxygen atoms in total. The molecule has 0 saturated heterocycles. The number of carbonyl (C=O) groups is 4. The van der Waals surface area contributed by atoms with E-state index >= 15 is 0 Å². The molecule has 0 amide bonds. The van der Waals surface area contributed by atoms with Crippen LogP contribution in [0.2, 0.25) is 0 Å². The standard InChI is InChI=1S/C79H154O17P2/c1-6-9-12-15-18-21-24-26-28-29-30-31-32-33-35-37-40-43-49-54-59-64-78(83)95-74(68-90-77(82)63-58-53-48-42-39-36-34-27-25-22-19-16-13-10-7-2)70-93-97(85,86)91-66-73(80)67-92-98(87,88)94-71-75(96-79(84)65-60-55-50-45-44-46-51-56-61-72(4)5)69-89-76(81)62-57-52-47-41-38-23-20-17-14-11-8-3/h72-75,80H,6-71H2,1-5H3,(H,85,86)(H,87,88)/t73-,74-,75-/m1/s1. The van der Waals surface area contributed by atoms with Crippen molar-refractivity contribution in [1.82, 2.24) is 0 Å². The van der Waals surface area contributed by atoms with Gasteiger partial charge in [-0.15, -0.1) is 0 Å². The van der Waals surface area contributed by atoms with Crippen LogP contribution in [0.5, 0.6) is 0 Å². The number of aliphatic hydroxyl groups excluding tert-OH is 1. The summed E-state index contributed by atoms with van der Waals surface area (Å²) in [6.45, 7) is 7.27. The van der Waals surface area contributed by atoms with E-state index in [1.165, 1.54) is 244 Å². The summed E-state index contributed by atoms with van der Waals surface area (Å²) in [6, 6.07) is 0. The number of ether oxygens (including phenoxy) is 4. The fourth-order valence-corrected chi connectivity index (χ4v) is 13.8. The lowest BCUT2D eigenvalue weighted by atomic mass is 10.0. The molecule has 2 unspecified atom stereocenters. The molecule has 0 saturated carbocycles. The Labute approximate surface area is 600 Å². The van der Waals surface area contributed by atoms with Crippen LogP contribution in [0.4, 0.5) is 0 Å². The van der Waals surface area contributed by atoms with Crippen molar-refractivity contribution in [2.45, 2.75) is 438 Å². The van der Waals surface area contributed by atoms with Crippen LogP contribution >= 0.6 is 15.6 Å². The molecule has 0 aromatic rings. The monoisotopic (exact) mass is 1440 g/mol. The molecule has 98 heavy (non-hydrogen) atoms. The van der Waals surface area contributed by atoms with Crippen LogP contribution in [0.3, 0.4) is 0 Å². The van der Waals surface area contributed by atoms with Gasteiger partial charge in [0.15, 0.2) is 12.2 Å². The lowest BCUT2D eigenvalue weighted by Crippen LogP contribution is -2.30. The summed E-state index contributed by atoms with van der Waals surface area (Å²) >= 11 is 0. The van der Waals surface area contributed by atoms with E-state index in [9.17, 15) is 43.2 Å². The van der Waals surface area contributed by atoms with E-state index in [2.05, 4.69) is 34.6 Å². The zero-order chi connectivity index (χ0) is 71.9. The zero-order valence-electron chi connectivity index (χ0n) is 63.9. The smallest absolute Gasteiger partial charge is 0.462 e. The Balaban J connectivity index is 5.21. The van der Waals surface area contributed by atoms with Crippen molar-refractivity contribution in [2.24, 2.45) is 5.92 Å². The fraction of sp³-hybridized carbons (Fsp3) is 0.949. The molecule has 0 bridgehead atoms. The predicted octanol–water partition coefficient (Wildman–Crippen LogP) is 23.6. The Morgan fingerprint density at radius 2 is 0.469 bits per heavy atom. The summed E-state index contributed by atoms with van der Waals surface area (Å²) in [5, 5.41) is 10.6. The Bertz CT molecular complexity index is 1870. The van der Waals surface area contributed by atoms with Gasteiger partial charge in [0.1, 0.15) is 19.3 Å². The number of aliphatic hydroxyl groups is 1. The number of hydrogen-bond donors (Lipinski definition) is 3. The van der Waals surface area contributed by atoms with Crippen molar-refractivity contribution in [2.75, 3.05) is 39.6 Å². The molecule has 0 rings (SSSR count). The molecular weight excluding hydrogens is 1280 g/mol. The number of phosphoric acid groups is 2. The van der Waals surface area contributed by atoms with Crippen LogP contribution in [0, 0.1) is 5.92 Å². The highest BCUT2D eigenvalue weighted by atomic mass is 31.2. The minimum absolute atomic E-state index is 0.105. The summed E-state index contributed by atoms with van der Waals surface area (Å²) in [5.41, 5.74) is 0. The van der Waals surface area contributed by atoms with Gasteiger partial charge in [-0.05, 0) is 31.6 Å². The van der Waals surface area contributed by atoms with Crippen LogP contribution in [0.25, 0.3) is 0 Å². The van der Waals surface area contributed by atoms with Crippen molar-refractivity contribution < 1.29 is 80.2 Å². The summed E-state index contributed by atoms with van der Waals surface area (Å²) in [5.74, 6) is -1.39. The molecule has 19 heteroatoms. The Kier molecular flexibility index (Phi) is 70.6. The Morgan fingerprint density at radius 1 is 0.276 bits per heavy atom. The molecule has 582 valence electrons. The summed E-state index contributed by atoms with van der Waals surface area (Å²) in [6.07, 6.45) is 62.5. The van der Waals surface area contributed by atoms with Gasteiger partial charge in [-0.2, -0.15) is 0 Å². The molecule has 0 aromatic heterocycles. The largest absolute Gasteiger partial charge is 0.472 e. The van der Waals surface area contributed by atoms with Gasteiger partial charge in [0.05, 0.1) is 26.4 Å². The molecule has 0 radical (unpaired) electrons. The van der Waals surface area contributed by atoms with Gasteiger partial charge in [-0.3, -0.25) is 37.3 Å². The highest BCUT2D eigenvalue weighted by Crippen LogP contribution is 2.45. The van der Waals surface area contributed by atoms with E-state index in [4.69, 9.17) is 37.0 Å². The lowest BCUT2D eigenvalue weighted by Gasteiger charge is -2.21. The third kappa shape index (κ3) is 72.4. The van der Waals surface area contributed by atoms with Gasteiger partial charge in [0.2, 0.25) is 0 Å². The molecule has 0 aliphatic carbocycles. The molecule has 0 spiro atoms. The molecule has 5 atom stereocenters. The van der Waals surface area contributed by atoms with E-state index in [-0.39, 0.29) is 25.7 Å². The van der Waals surface area contributed by atoms with Crippen LogP contribution in [0.1, 0.15) is 420 Å². The van der Waals surface area contributed by atoms with Crippen molar-refractivity contribution >= 4 is 39.5 Å². The van der Waals surface area contributed by atoms with Crippen molar-refractivity contribution in [1.29, 1.82) is 0 Å². The maximum absolute atomic E-state index is 13.1. The average molecular weight is 1440 g/mol. The topological polar surface area (TPSA) is 237 Å². The molecule has 0 aliphatic rings. The van der Waals surface area contributed by atoms with Gasteiger partial charge in [0.25, 0.3) is 0 Å². The molecule has 3 N–H and O–H groups in total. The van der Waals surface area contributed by atoms with Gasteiger partial charge in [0, 0.05) is 25.7 Å². The van der Waals surface area contributed by atoms with Gasteiger partial charge in [-0.25, -0.2) is 9.13 Å². The normalized spacial score (nSPS) is 13.9. The fourth-order valence-electron chi connectivity index (χ4n) is 12.2. The Morgan fingerprint density at radius 3 is 0.694 bits per heavy atom. The van der Waals surface area contributed by atoms with Crippen molar-refractivity contribution in [3.63, 3.8) is 0 Å². The van der Waals surface area contributed by atoms with Crippen LogP contribution in [-0.4, -0.2) is 96.7 Å². The minimum atomic E-state index is -4.96. The first-order valence-electron chi connectivity index (χ1n) is 41.1. The summed E-state index contributed by atoms with van der Waals surface area (Å²) in [7, 11) is -9.91. The SMILES string of the molecule is CCCCCCCCCCCCCCCCCCCCCCCC(=O)O[C@H](COC(=O)CCCCCCCCCCCCCCCCC)COP(=O)(O)OC[C@@H](O)COP(=O)(O)OC[C@@H](COC(=O)CCCCCCCCCCCCC)OC(=O)CCCCCCCCCCC(C)C. The van der Waals surface area contributed by atoms with E-state index in [1.807, 2.05) is 0 Å². The zero-order valence-corrected chi connectivity index (χ0v) is 65.7. The van der Waals surface area contributed by atoms with Crippen LogP contribution < -0.4 is 0 Å². The molecule has 0 fully saturated rings. The third-order valence-electron chi connectivity index (χ3n) is 18.5. The number of esters is 4. The second kappa shape index (κ2) is 72.0. The van der Waals surface area contributed by atoms with Gasteiger partial charge >= 0.3 is 39.5 Å². The van der Waals surface area contributed by atoms with Crippen molar-refractivity contribution in [3.05, 3.63) is 0 Å². The Hall–Kier alpha value is -1.94. The highest BCUT2D eigenvalue weighted by molar-refractivity contribution is 7.47. The lowest BCUT2D eigenvalue weighted by molar-refractivity contribution is -0.161. The first-order chi connectivity index (χ1) is 47.5. The highest BCUT2D eigenvalue weighted by Gasteiger charge is 2.30. The van der Waals surface area contributed by atoms with Crippen LogP contribution in [-0.2, 0) is 65.4 Å². The maximum Gasteiger partial charge on any atom is 0.472 e. The molecular formula is C79H154O17P2. The second-order valence-electron chi connectivity index (χ2n) is 28.9. The van der Waals surface area contributed by atoms with E-state index in [0.29, 0.717) is 25.7 Å². The summed E-state index contributed by atoms with van der Waals surface area (Å²) < 4.78 is 68.6. The number of phosphoric ester groups is 2. The number of rotatable bonds is 79. The van der Waals surface area contributed by atoms with Gasteiger partial charge < -0.3 is 33.8 Å². The van der Waals surface area contributed by atoms with E-state index < -0.39 is 97.5 Å². The number of carbonyl (C=O) groups excluding carboxylic acids is 4. The predicted molar refractivity (Wildman–Crippen MR) is 400 cm³/mol. The maximum atomic E-state index is 13.1. The van der Waals surface area contributed by atoms with E-state index in [0.717, 1.165) is 95.8 Å². The number of hydrogen-bond acceptors (Lipinski definition) is 15. The third-order valence-corrected chi connectivity index (χ3v) is 20.4. The molecule has 0 aromatic carbocycles. The van der Waals surface area contributed by atoms with E-state index in [1.54, 1.807) is 0 Å². The second-order valence-corrected chi connectivity index (χ2v) is 31.8.